The average molecular weight is 378 g/mol. The van der Waals surface area contributed by atoms with Crippen molar-refractivity contribution in [1.82, 2.24) is 0 Å². The summed E-state index contributed by atoms with van der Waals surface area (Å²) in [5, 5.41) is 14.0. The van der Waals surface area contributed by atoms with Crippen LogP contribution in [-0.4, -0.2) is 17.3 Å². The van der Waals surface area contributed by atoms with Crippen LogP contribution in [0.1, 0.15) is 11.1 Å². The number of aryl methyl sites for hydroxylation is 1. The lowest BCUT2D eigenvalue weighted by atomic mass is 10.1. The normalized spacial score (nSPS) is 10.3. The number of nitrogens with zero attached hydrogens (tertiary/aromatic N) is 1. The topological polar surface area (TPSA) is 44.7 Å². The summed E-state index contributed by atoms with van der Waals surface area (Å²) in [5.41, 5.74) is 3.78. The van der Waals surface area contributed by atoms with Gasteiger partial charge in [-0.2, -0.15) is 0 Å². The van der Waals surface area contributed by atoms with Crippen LogP contribution in [0.25, 0.3) is 0 Å². The third-order valence-corrected chi connectivity index (χ3v) is 4.54. The molecule has 0 saturated carbocycles. The van der Waals surface area contributed by atoms with E-state index in [2.05, 4.69) is 5.32 Å². The molecular formula is C22H22N2O2S. The van der Waals surface area contributed by atoms with Gasteiger partial charge in [0.2, 0.25) is 0 Å². The Labute approximate surface area is 165 Å². The van der Waals surface area contributed by atoms with Gasteiger partial charge in [0.1, 0.15) is 11.5 Å². The molecule has 4 nitrogen and oxygen atoms in total. The Bertz CT molecular complexity index is 926. The van der Waals surface area contributed by atoms with Crippen LogP contribution in [0, 0.1) is 6.92 Å². The fraction of sp³-hybridized carbons (Fsp3) is 0.136. The van der Waals surface area contributed by atoms with Gasteiger partial charge in [-0.15, -0.1) is 0 Å². The van der Waals surface area contributed by atoms with E-state index in [4.69, 9.17) is 17.0 Å². The van der Waals surface area contributed by atoms with Crippen molar-refractivity contribution >= 4 is 28.7 Å². The predicted molar refractivity (Wildman–Crippen MR) is 115 cm³/mol. The Hall–Kier alpha value is -3.05. The summed E-state index contributed by atoms with van der Waals surface area (Å²) in [6, 6.07) is 23.0. The molecule has 0 amide bonds. The molecule has 0 aromatic heterocycles. The molecule has 5 heteroatoms. The molecule has 0 spiro atoms. The van der Waals surface area contributed by atoms with Gasteiger partial charge in [-0.3, -0.25) is 0 Å². The summed E-state index contributed by atoms with van der Waals surface area (Å²) in [4.78, 5) is 1.95. The minimum absolute atomic E-state index is 0.245. The van der Waals surface area contributed by atoms with Crippen LogP contribution < -0.4 is 15.0 Å². The van der Waals surface area contributed by atoms with E-state index in [-0.39, 0.29) is 5.75 Å². The number of hydrogen-bond acceptors (Lipinski definition) is 3. The maximum absolute atomic E-state index is 10.2. The summed E-state index contributed by atoms with van der Waals surface area (Å²) in [6.07, 6.45) is 0. The number of thiocarbonyl (C=S) groups is 1. The number of phenols is 1. The van der Waals surface area contributed by atoms with Crippen LogP contribution in [-0.2, 0) is 6.54 Å². The first-order valence-electron chi connectivity index (χ1n) is 8.63. The van der Waals surface area contributed by atoms with Gasteiger partial charge < -0.3 is 20.1 Å². The van der Waals surface area contributed by atoms with Gasteiger partial charge in [-0.05, 0) is 67.2 Å². The molecule has 0 heterocycles. The highest BCUT2D eigenvalue weighted by Gasteiger charge is 2.15. The van der Waals surface area contributed by atoms with E-state index in [1.807, 2.05) is 72.5 Å². The van der Waals surface area contributed by atoms with Crippen molar-refractivity contribution in [2.24, 2.45) is 0 Å². The van der Waals surface area contributed by atoms with E-state index >= 15 is 0 Å². The lowest BCUT2D eigenvalue weighted by Gasteiger charge is -2.27. The zero-order valence-corrected chi connectivity index (χ0v) is 16.2. The zero-order chi connectivity index (χ0) is 19.2. The lowest BCUT2D eigenvalue weighted by molar-refractivity contribution is 0.415. The van der Waals surface area contributed by atoms with Crippen molar-refractivity contribution in [3.8, 4) is 11.5 Å². The minimum atomic E-state index is 0.245. The number of hydrogen-bond donors (Lipinski definition) is 2. The number of nitrogens with one attached hydrogen (secondary N) is 1. The Kier molecular flexibility index (Phi) is 5.94. The maximum atomic E-state index is 10.2. The molecule has 138 valence electrons. The number of para-hydroxylation sites is 1. The van der Waals surface area contributed by atoms with Crippen LogP contribution in [0.3, 0.4) is 0 Å². The quantitative estimate of drug-likeness (QED) is 0.604. The SMILES string of the molecule is COc1ccc(N(Cc2ccccc2O)C(=S)Nc2cccc(C)c2)cc1. The number of benzene rings is 3. The predicted octanol–water partition coefficient (Wildman–Crippen LogP) is 5.11. The van der Waals surface area contributed by atoms with Gasteiger partial charge in [0.25, 0.3) is 0 Å². The van der Waals surface area contributed by atoms with Crippen molar-refractivity contribution in [3.05, 3.63) is 83.9 Å². The van der Waals surface area contributed by atoms with E-state index in [0.717, 1.165) is 28.3 Å². The van der Waals surface area contributed by atoms with Crippen LogP contribution in [0.2, 0.25) is 0 Å². The number of aromatic hydroxyl groups is 1. The zero-order valence-electron chi connectivity index (χ0n) is 15.3. The largest absolute Gasteiger partial charge is 0.508 e. The van der Waals surface area contributed by atoms with Crippen LogP contribution >= 0.6 is 12.2 Å². The highest BCUT2D eigenvalue weighted by Crippen LogP contribution is 2.25. The van der Waals surface area contributed by atoms with E-state index in [0.29, 0.717) is 11.7 Å². The molecule has 0 bridgehead atoms. The summed E-state index contributed by atoms with van der Waals surface area (Å²) in [6.45, 7) is 2.48. The molecule has 0 aliphatic heterocycles. The molecular weight excluding hydrogens is 356 g/mol. The second-order valence-electron chi connectivity index (χ2n) is 6.21. The van der Waals surface area contributed by atoms with E-state index in [9.17, 15) is 5.11 Å². The van der Waals surface area contributed by atoms with Crippen molar-refractivity contribution < 1.29 is 9.84 Å². The third-order valence-electron chi connectivity index (χ3n) is 4.22. The highest BCUT2D eigenvalue weighted by molar-refractivity contribution is 7.80. The number of methoxy groups -OCH3 is 1. The lowest BCUT2D eigenvalue weighted by Crippen LogP contribution is -2.34. The van der Waals surface area contributed by atoms with E-state index in [1.165, 1.54) is 0 Å². The van der Waals surface area contributed by atoms with E-state index in [1.54, 1.807) is 19.2 Å². The smallest absolute Gasteiger partial charge is 0.178 e. The van der Waals surface area contributed by atoms with Crippen LogP contribution in [0.15, 0.2) is 72.8 Å². The highest BCUT2D eigenvalue weighted by atomic mass is 32.1. The summed E-state index contributed by atoms with van der Waals surface area (Å²) in [5.74, 6) is 1.02. The van der Waals surface area contributed by atoms with Gasteiger partial charge >= 0.3 is 0 Å². The first kappa shape index (κ1) is 18.7. The molecule has 27 heavy (non-hydrogen) atoms. The summed E-state index contributed by atoms with van der Waals surface area (Å²) in [7, 11) is 1.64. The van der Waals surface area contributed by atoms with Crippen LogP contribution in [0.4, 0.5) is 11.4 Å². The van der Waals surface area contributed by atoms with Crippen molar-refractivity contribution in [3.63, 3.8) is 0 Å². The maximum Gasteiger partial charge on any atom is 0.178 e. The Morgan fingerprint density at radius 1 is 1.04 bits per heavy atom. The molecule has 0 radical (unpaired) electrons. The van der Waals surface area contributed by atoms with Gasteiger partial charge in [-0.1, -0.05) is 30.3 Å². The second-order valence-corrected chi connectivity index (χ2v) is 6.60. The molecule has 0 aliphatic rings. The van der Waals surface area contributed by atoms with Gasteiger partial charge in [-0.25, -0.2) is 0 Å². The molecule has 0 fully saturated rings. The molecule has 3 aromatic rings. The van der Waals surface area contributed by atoms with Crippen LogP contribution in [0.5, 0.6) is 11.5 Å². The van der Waals surface area contributed by atoms with Crippen molar-refractivity contribution in [2.75, 3.05) is 17.3 Å². The fourth-order valence-corrected chi connectivity index (χ4v) is 3.06. The molecule has 3 aromatic carbocycles. The fourth-order valence-electron chi connectivity index (χ4n) is 2.77. The molecule has 0 unspecified atom stereocenters. The third kappa shape index (κ3) is 4.77. The van der Waals surface area contributed by atoms with Gasteiger partial charge in [0.15, 0.2) is 5.11 Å². The average Bonchev–Trinajstić information content (AvgIpc) is 2.67. The van der Waals surface area contributed by atoms with Gasteiger partial charge in [0.05, 0.1) is 13.7 Å². The first-order valence-corrected chi connectivity index (χ1v) is 9.04. The van der Waals surface area contributed by atoms with Crippen molar-refractivity contribution in [1.29, 1.82) is 0 Å². The molecule has 0 aliphatic carbocycles. The second kappa shape index (κ2) is 8.56. The first-order chi connectivity index (χ1) is 13.1. The van der Waals surface area contributed by atoms with Gasteiger partial charge in [0, 0.05) is 16.9 Å². The molecule has 3 rings (SSSR count). The number of rotatable bonds is 5. The van der Waals surface area contributed by atoms with Crippen molar-refractivity contribution in [2.45, 2.75) is 13.5 Å². The Morgan fingerprint density at radius 2 is 1.78 bits per heavy atom. The monoisotopic (exact) mass is 378 g/mol. The number of phenolic OH excluding ortho intramolecular Hbond substituents is 1. The minimum Gasteiger partial charge on any atom is -0.508 e. The number of anilines is 2. The standard InChI is InChI=1S/C22H22N2O2S/c1-16-6-5-8-18(14-16)23-22(27)24(15-17-7-3-4-9-21(17)25)19-10-12-20(26-2)13-11-19/h3-14,25H,15H2,1-2H3,(H,23,27). The number of ether oxygens (including phenoxy) is 1. The molecule has 2 N–H and O–H groups in total. The molecule has 0 atom stereocenters. The Morgan fingerprint density at radius 3 is 2.44 bits per heavy atom. The summed E-state index contributed by atoms with van der Waals surface area (Å²) >= 11 is 5.69. The summed E-state index contributed by atoms with van der Waals surface area (Å²) < 4.78 is 5.25. The Balaban J connectivity index is 1.90. The van der Waals surface area contributed by atoms with E-state index < -0.39 is 0 Å². The molecule has 0 saturated heterocycles.